The Morgan fingerprint density at radius 3 is 2.31 bits per heavy atom. The predicted octanol–water partition coefficient (Wildman–Crippen LogP) is 5.45. The van der Waals surface area contributed by atoms with Crippen LogP contribution in [0.2, 0.25) is 0 Å². The highest BCUT2D eigenvalue weighted by Gasteiger charge is 2.49. The first-order valence-corrected chi connectivity index (χ1v) is 12.6. The van der Waals surface area contributed by atoms with Crippen molar-refractivity contribution < 1.29 is 14.3 Å². The Morgan fingerprint density at radius 2 is 1.58 bits per heavy atom. The Balaban J connectivity index is 1.31. The fourth-order valence-corrected chi connectivity index (χ4v) is 5.47. The highest BCUT2D eigenvalue weighted by Crippen LogP contribution is 2.42. The van der Waals surface area contributed by atoms with E-state index in [-0.39, 0.29) is 36.3 Å². The molecule has 0 spiro atoms. The smallest absolute Gasteiger partial charge is 0.321 e. The number of benzene rings is 3. The van der Waals surface area contributed by atoms with Crippen molar-refractivity contribution >= 4 is 23.9 Å². The molecule has 2 aliphatic heterocycles. The summed E-state index contributed by atoms with van der Waals surface area (Å²) < 4.78 is 14.1. The van der Waals surface area contributed by atoms with Gasteiger partial charge in [0.25, 0.3) is 0 Å². The molecule has 0 aliphatic carbocycles. The zero-order valence-electron chi connectivity index (χ0n) is 20.3. The highest BCUT2D eigenvalue weighted by atomic mass is 19.1. The normalized spacial score (nSPS) is 22.4. The SMILES string of the molecule is O=C(Nc1ccccc1F)N1CCCCN2[C@H](C1)[C@H](c1ccc(/C=C/c3ccccc3)cc1)[C@@H]2CO. The summed E-state index contributed by atoms with van der Waals surface area (Å²) in [6.45, 7) is 2.16. The van der Waals surface area contributed by atoms with Crippen molar-refractivity contribution in [3.63, 3.8) is 0 Å². The summed E-state index contributed by atoms with van der Waals surface area (Å²) >= 11 is 0. The second-order valence-electron chi connectivity index (χ2n) is 9.55. The van der Waals surface area contributed by atoms with Crippen molar-refractivity contribution in [2.75, 3.05) is 31.6 Å². The van der Waals surface area contributed by atoms with Crippen LogP contribution < -0.4 is 5.32 Å². The van der Waals surface area contributed by atoms with Crippen molar-refractivity contribution in [3.05, 3.63) is 101 Å². The number of urea groups is 1. The maximum atomic E-state index is 14.1. The van der Waals surface area contributed by atoms with Crippen molar-refractivity contribution in [2.24, 2.45) is 0 Å². The van der Waals surface area contributed by atoms with E-state index >= 15 is 0 Å². The standard InChI is InChI=1S/C30H32FN3O2/c31-25-10-4-5-11-26(25)32-30(36)33-18-6-7-19-34-27(20-33)29(28(34)21-35)24-16-14-23(15-17-24)13-12-22-8-2-1-3-9-22/h1-5,8-17,27-29,35H,6-7,18-21H2,(H,32,36)/b13-12+/t27-,28+,29+/m1/s1. The van der Waals surface area contributed by atoms with Gasteiger partial charge in [0.1, 0.15) is 5.82 Å². The van der Waals surface area contributed by atoms with E-state index in [0.717, 1.165) is 30.5 Å². The van der Waals surface area contributed by atoms with Gasteiger partial charge < -0.3 is 15.3 Å². The minimum Gasteiger partial charge on any atom is -0.395 e. The Hall–Kier alpha value is -3.48. The number of nitrogens with one attached hydrogen (secondary N) is 1. The Kier molecular flexibility index (Phi) is 7.44. The van der Waals surface area contributed by atoms with Crippen LogP contribution in [0.1, 0.15) is 35.4 Å². The van der Waals surface area contributed by atoms with Crippen LogP contribution in [0.4, 0.5) is 14.9 Å². The molecule has 186 valence electrons. The molecule has 3 aromatic carbocycles. The van der Waals surface area contributed by atoms with Gasteiger partial charge in [-0.3, -0.25) is 4.90 Å². The van der Waals surface area contributed by atoms with Gasteiger partial charge in [0.05, 0.1) is 12.3 Å². The monoisotopic (exact) mass is 485 g/mol. The van der Waals surface area contributed by atoms with Gasteiger partial charge in [0.2, 0.25) is 0 Å². The second kappa shape index (κ2) is 11.1. The molecule has 0 aromatic heterocycles. The number of nitrogens with zero attached hydrogens (tertiary/aromatic N) is 2. The van der Waals surface area contributed by atoms with Crippen LogP contribution in [0.5, 0.6) is 0 Å². The first-order chi connectivity index (χ1) is 17.6. The van der Waals surface area contributed by atoms with Gasteiger partial charge >= 0.3 is 6.03 Å². The van der Waals surface area contributed by atoms with Crippen molar-refractivity contribution in [2.45, 2.75) is 30.8 Å². The van der Waals surface area contributed by atoms with E-state index in [1.165, 1.54) is 11.6 Å². The van der Waals surface area contributed by atoms with Crippen LogP contribution in [0.25, 0.3) is 12.2 Å². The summed E-state index contributed by atoms with van der Waals surface area (Å²) in [6, 6.07) is 24.8. The number of hydrogen-bond acceptors (Lipinski definition) is 3. The average Bonchev–Trinajstić information content (AvgIpc) is 2.89. The molecule has 0 radical (unpaired) electrons. The molecule has 3 aromatic rings. The number of carbonyl (C=O) groups excluding carboxylic acids is 1. The third kappa shape index (κ3) is 5.20. The third-order valence-corrected chi connectivity index (χ3v) is 7.36. The number of aliphatic hydroxyl groups is 1. The number of halogens is 1. The van der Waals surface area contributed by atoms with Gasteiger partial charge in [0.15, 0.2) is 0 Å². The molecule has 2 fully saturated rings. The first-order valence-electron chi connectivity index (χ1n) is 12.6. The Morgan fingerprint density at radius 1 is 0.917 bits per heavy atom. The quantitative estimate of drug-likeness (QED) is 0.473. The summed E-state index contributed by atoms with van der Waals surface area (Å²) in [5.74, 6) is -0.313. The number of hydrogen-bond donors (Lipinski definition) is 2. The van der Waals surface area contributed by atoms with Crippen LogP contribution in [0.15, 0.2) is 78.9 Å². The molecule has 5 nitrogen and oxygen atoms in total. The largest absolute Gasteiger partial charge is 0.395 e. The van der Waals surface area contributed by atoms with Crippen molar-refractivity contribution in [1.82, 2.24) is 9.80 Å². The van der Waals surface area contributed by atoms with Gasteiger partial charge in [-0.2, -0.15) is 0 Å². The lowest BCUT2D eigenvalue weighted by atomic mass is 9.74. The topological polar surface area (TPSA) is 55.8 Å². The van der Waals surface area contributed by atoms with Gasteiger partial charge in [0, 0.05) is 31.1 Å². The number of fused-ring (bicyclic) bond motifs is 1. The molecule has 0 unspecified atom stereocenters. The number of aliphatic hydroxyl groups excluding tert-OH is 1. The van der Waals surface area contributed by atoms with Gasteiger partial charge in [-0.25, -0.2) is 9.18 Å². The molecular weight excluding hydrogens is 453 g/mol. The number of carbonyl (C=O) groups is 1. The fraction of sp³-hybridized carbons (Fsp3) is 0.300. The lowest BCUT2D eigenvalue weighted by Gasteiger charge is -2.57. The molecule has 3 atom stereocenters. The third-order valence-electron chi connectivity index (χ3n) is 7.36. The molecule has 0 saturated carbocycles. The molecular formula is C30H32FN3O2. The van der Waals surface area contributed by atoms with Crippen LogP contribution in [-0.4, -0.2) is 59.3 Å². The summed E-state index contributed by atoms with van der Waals surface area (Å²) in [4.78, 5) is 17.2. The number of rotatable bonds is 5. The van der Waals surface area contributed by atoms with E-state index < -0.39 is 5.82 Å². The van der Waals surface area contributed by atoms with E-state index in [9.17, 15) is 14.3 Å². The zero-order chi connectivity index (χ0) is 24.9. The first kappa shape index (κ1) is 24.2. The molecule has 2 saturated heterocycles. The predicted molar refractivity (Wildman–Crippen MR) is 142 cm³/mol. The van der Waals surface area contributed by atoms with Crippen LogP contribution >= 0.6 is 0 Å². The molecule has 2 N–H and O–H groups in total. The number of para-hydroxylation sites is 1. The lowest BCUT2D eigenvalue weighted by molar-refractivity contribution is -0.0585. The fourth-order valence-electron chi connectivity index (χ4n) is 5.47. The van der Waals surface area contributed by atoms with Crippen molar-refractivity contribution in [1.29, 1.82) is 0 Å². The zero-order valence-corrected chi connectivity index (χ0v) is 20.3. The molecule has 2 aliphatic rings. The minimum atomic E-state index is -0.442. The summed E-state index contributed by atoms with van der Waals surface area (Å²) in [6.07, 6.45) is 6.02. The molecule has 6 heteroatoms. The lowest BCUT2D eigenvalue weighted by Crippen LogP contribution is -2.68. The molecule has 2 amide bonds. The Bertz CT molecular complexity index is 1200. The van der Waals surface area contributed by atoms with Crippen LogP contribution in [0, 0.1) is 5.82 Å². The van der Waals surface area contributed by atoms with E-state index in [1.54, 1.807) is 23.1 Å². The van der Waals surface area contributed by atoms with E-state index in [2.05, 4.69) is 58.8 Å². The molecule has 36 heavy (non-hydrogen) atoms. The van der Waals surface area contributed by atoms with Crippen LogP contribution in [-0.2, 0) is 0 Å². The van der Waals surface area contributed by atoms with E-state index in [4.69, 9.17) is 0 Å². The summed E-state index contributed by atoms with van der Waals surface area (Å²) in [5, 5.41) is 12.9. The Labute approximate surface area is 211 Å². The number of amides is 2. The van der Waals surface area contributed by atoms with E-state index in [0.29, 0.717) is 13.1 Å². The van der Waals surface area contributed by atoms with Gasteiger partial charge in [-0.1, -0.05) is 78.9 Å². The molecule has 5 rings (SSSR count). The minimum absolute atomic E-state index is 0.0373. The van der Waals surface area contributed by atoms with Crippen molar-refractivity contribution in [3.8, 4) is 0 Å². The summed E-state index contributed by atoms with van der Waals surface area (Å²) in [7, 11) is 0. The highest BCUT2D eigenvalue weighted by molar-refractivity contribution is 5.89. The van der Waals surface area contributed by atoms with Crippen LogP contribution in [0.3, 0.4) is 0 Å². The van der Waals surface area contributed by atoms with Gasteiger partial charge in [-0.15, -0.1) is 0 Å². The average molecular weight is 486 g/mol. The maximum absolute atomic E-state index is 14.1. The molecule has 2 heterocycles. The number of anilines is 1. The second-order valence-corrected chi connectivity index (χ2v) is 9.55. The maximum Gasteiger partial charge on any atom is 0.321 e. The van der Waals surface area contributed by atoms with Gasteiger partial charge in [-0.05, 0) is 48.2 Å². The van der Waals surface area contributed by atoms with E-state index in [1.807, 2.05) is 18.2 Å². The summed E-state index contributed by atoms with van der Waals surface area (Å²) in [5.41, 5.74) is 3.63. The molecule has 0 bridgehead atoms.